The van der Waals surface area contributed by atoms with E-state index in [2.05, 4.69) is 39.4 Å². The number of carbonyl (C=O) groups excluding carboxylic acids is 1. The van der Waals surface area contributed by atoms with Gasteiger partial charge in [-0.3, -0.25) is 4.79 Å². The van der Waals surface area contributed by atoms with Gasteiger partial charge in [-0.05, 0) is 25.0 Å². The number of thioether (sulfide) groups is 1. The van der Waals surface area contributed by atoms with Crippen LogP contribution in [0.5, 0.6) is 0 Å². The van der Waals surface area contributed by atoms with E-state index in [1.165, 1.54) is 36.7 Å². The molecule has 1 aromatic heterocycles. The SMILES string of the molecule is O=C(CSc1nnc(C2CCCCC2)o1)N1CCN(c2ccccc2)CC1. The Kier molecular flexibility index (Phi) is 5.97. The van der Waals surface area contributed by atoms with E-state index < -0.39 is 0 Å². The van der Waals surface area contributed by atoms with Crippen LogP contribution in [0.2, 0.25) is 0 Å². The van der Waals surface area contributed by atoms with Crippen LogP contribution in [0, 0.1) is 0 Å². The molecule has 2 aromatic rings. The lowest BCUT2D eigenvalue weighted by Crippen LogP contribution is -2.49. The Morgan fingerprint density at radius 1 is 1.04 bits per heavy atom. The molecule has 4 rings (SSSR count). The third kappa shape index (κ3) is 4.64. The lowest BCUT2D eigenvalue weighted by molar-refractivity contribution is -0.128. The first-order chi connectivity index (χ1) is 13.3. The average Bonchev–Trinajstić information content (AvgIpc) is 3.22. The number of benzene rings is 1. The maximum atomic E-state index is 12.5. The van der Waals surface area contributed by atoms with Crippen LogP contribution in [0.1, 0.15) is 43.9 Å². The maximum Gasteiger partial charge on any atom is 0.277 e. The molecule has 1 aliphatic heterocycles. The van der Waals surface area contributed by atoms with Crippen LogP contribution < -0.4 is 4.90 Å². The van der Waals surface area contributed by atoms with Gasteiger partial charge in [0.2, 0.25) is 11.8 Å². The van der Waals surface area contributed by atoms with Crippen LogP contribution in [-0.2, 0) is 4.79 Å². The van der Waals surface area contributed by atoms with Crippen LogP contribution in [0.3, 0.4) is 0 Å². The minimum atomic E-state index is 0.144. The maximum absolute atomic E-state index is 12.5. The standard InChI is InChI=1S/C20H26N4O2S/c25-18(24-13-11-23(12-14-24)17-9-5-2-6-10-17)15-27-20-22-21-19(26-20)16-7-3-1-4-8-16/h2,5-6,9-10,16H,1,3-4,7-8,11-15H2. The number of piperazine rings is 1. The second kappa shape index (κ2) is 8.78. The predicted octanol–water partition coefficient (Wildman–Crippen LogP) is 3.56. The summed E-state index contributed by atoms with van der Waals surface area (Å²) in [6, 6.07) is 10.4. The van der Waals surface area contributed by atoms with Crippen LogP contribution in [0.15, 0.2) is 40.0 Å². The molecule has 0 unspecified atom stereocenters. The Hall–Kier alpha value is -2.02. The van der Waals surface area contributed by atoms with Gasteiger partial charge in [0.15, 0.2) is 0 Å². The molecule has 1 saturated carbocycles. The van der Waals surface area contributed by atoms with E-state index in [9.17, 15) is 4.79 Å². The number of hydrogen-bond acceptors (Lipinski definition) is 6. The summed E-state index contributed by atoms with van der Waals surface area (Å²) < 4.78 is 5.80. The Morgan fingerprint density at radius 3 is 2.52 bits per heavy atom. The van der Waals surface area contributed by atoms with Crippen molar-refractivity contribution in [3.05, 3.63) is 36.2 Å². The summed E-state index contributed by atoms with van der Waals surface area (Å²) in [7, 11) is 0. The molecular weight excluding hydrogens is 360 g/mol. The highest BCUT2D eigenvalue weighted by Crippen LogP contribution is 2.33. The van der Waals surface area contributed by atoms with Crippen molar-refractivity contribution in [2.24, 2.45) is 0 Å². The number of nitrogens with zero attached hydrogens (tertiary/aromatic N) is 4. The first-order valence-electron chi connectivity index (χ1n) is 9.83. The molecule has 6 nitrogen and oxygen atoms in total. The highest BCUT2D eigenvalue weighted by atomic mass is 32.2. The molecular formula is C20H26N4O2S. The van der Waals surface area contributed by atoms with E-state index in [0.717, 1.165) is 44.9 Å². The number of para-hydroxylation sites is 1. The number of hydrogen-bond donors (Lipinski definition) is 0. The van der Waals surface area contributed by atoms with E-state index in [0.29, 0.717) is 16.9 Å². The topological polar surface area (TPSA) is 62.5 Å². The van der Waals surface area contributed by atoms with Gasteiger partial charge < -0.3 is 14.2 Å². The van der Waals surface area contributed by atoms with Gasteiger partial charge >= 0.3 is 0 Å². The van der Waals surface area contributed by atoms with Gasteiger partial charge in [-0.15, -0.1) is 10.2 Å². The molecule has 144 valence electrons. The summed E-state index contributed by atoms with van der Waals surface area (Å²) in [6.45, 7) is 3.25. The van der Waals surface area contributed by atoms with Gasteiger partial charge in [-0.1, -0.05) is 49.2 Å². The molecule has 2 fully saturated rings. The van der Waals surface area contributed by atoms with Crippen LogP contribution in [0.4, 0.5) is 5.69 Å². The number of carbonyl (C=O) groups is 1. The average molecular weight is 387 g/mol. The zero-order valence-electron chi connectivity index (χ0n) is 15.5. The first kappa shape index (κ1) is 18.3. The first-order valence-corrected chi connectivity index (χ1v) is 10.8. The van der Waals surface area contributed by atoms with Crippen molar-refractivity contribution in [1.82, 2.24) is 15.1 Å². The summed E-state index contributed by atoms with van der Waals surface area (Å²) in [5.74, 6) is 1.66. The summed E-state index contributed by atoms with van der Waals surface area (Å²) in [6.07, 6.45) is 6.05. The normalized spacial score (nSPS) is 18.7. The minimum Gasteiger partial charge on any atom is -0.416 e. The molecule has 0 N–H and O–H groups in total. The molecule has 2 aliphatic rings. The van der Waals surface area contributed by atoms with Crippen molar-refractivity contribution in [3.8, 4) is 0 Å². The molecule has 1 saturated heterocycles. The zero-order chi connectivity index (χ0) is 18.5. The lowest BCUT2D eigenvalue weighted by Gasteiger charge is -2.36. The van der Waals surface area contributed by atoms with Crippen LogP contribution in [0.25, 0.3) is 0 Å². The number of anilines is 1. The minimum absolute atomic E-state index is 0.144. The fourth-order valence-corrected chi connectivity index (χ4v) is 4.53. The van der Waals surface area contributed by atoms with Gasteiger partial charge in [-0.25, -0.2) is 0 Å². The Morgan fingerprint density at radius 2 is 1.78 bits per heavy atom. The Bertz CT molecular complexity index is 737. The molecule has 2 heterocycles. The molecule has 27 heavy (non-hydrogen) atoms. The fourth-order valence-electron chi connectivity index (χ4n) is 3.86. The monoisotopic (exact) mass is 386 g/mol. The highest BCUT2D eigenvalue weighted by Gasteiger charge is 2.24. The van der Waals surface area contributed by atoms with E-state index in [1.54, 1.807) is 0 Å². The lowest BCUT2D eigenvalue weighted by atomic mass is 9.89. The second-order valence-corrected chi connectivity index (χ2v) is 8.16. The van der Waals surface area contributed by atoms with E-state index in [4.69, 9.17) is 4.42 Å². The number of aromatic nitrogens is 2. The van der Waals surface area contributed by atoms with Crippen LogP contribution >= 0.6 is 11.8 Å². The fraction of sp³-hybridized carbons (Fsp3) is 0.550. The zero-order valence-corrected chi connectivity index (χ0v) is 16.4. The number of rotatable bonds is 5. The van der Waals surface area contributed by atoms with Crippen molar-refractivity contribution >= 4 is 23.4 Å². The van der Waals surface area contributed by atoms with Crippen molar-refractivity contribution in [1.29, 1.82) is 0 Å². The molecule has 0 radical (unpaired) electrons. The van der Waals surface area contributed by atoms with Gasteiger partial charge in [0.25, 0.3) is 5.22 Å². The molecule has 0 bridgehead atoms. The molecule has 0 atom stereocenters. The van der Waals surface area contributed by atoms with Gasteiger partial charge in [0.1, 0.15) is 0 Å². The molecule has 7 heteroatoms. The van der Waals surface area contributed by atoms with Gasteiger partial charge in [-0.2, -0.15) is 0 Å². The third-order valence-corrected chi connectivity index (χ3v) is 6.25. The highest BCUT2D eigenvalue weighted by molar-refractivity contribution is 7.99. The smallest absolute Gasteiger partial charge is 0.277 e. The van der Waals surface area contributed by atoms with Crippen molar-refractivity contribution in [2.75, 3.05) is 36.8 Å². The second-order valence-electron chi connectivity index (χ2n) is 7.23. The van der Waals surface area contributed by atoms with Crippen molar-refractivity contribution in [2.45, 2.75) is 43.2 Å². The van der Waals surface area contributed by atoms with E-state index in [-0.39, 0.29) is 5.91 Å². The Balaban J connectivity index is 1.24. The van der Waals surface area contributed by atoms with Crippen molar-refractivity contribution < 1.29 is 9.21 Å². The molecule has 0 spiro atoms. The number of amides is 1. The van der Waals surface area contributed by atoms with Gasteiger partial charge in [0, 0.05) is 37.8 Å². The molecule has 1 aromatic carbocycles. The quantitative estimate of drug-likeness (QED) is 0.732. The predicted molar refractivity (Wildman–Crippen MR) is 106 cm³/mol. The summed E-state index contributed by atoms with van der Waals surface area (Å²) in [5, 5.41) is 8.85. The molecule has 1 amide bonds. The largest absolute Gasteiger partial charge is 0.416 e. The molecule has 1 aliphatic carbocycles. The Labute approximate surface area is 164 Å². The summed E-state index contributed by atoms with van der Waals surface area (Å²) in [4.78, 5) is 16.8. The van der Waals surface area contributed by atoms with Gasteiger partial charge in [0.05, 0.1) is 5.75 Å². The summed E-state index contributed by atoms with van der Waals surface area (Å²) in [5.41, 5.74) is 1.22. The van der Waals surface area contributed by atoms with Crippen molar-refractivity contribution in [3.63, 3.8) is 0 Å². The van der Waals surface area contributed by atoms with E-state index >= 15 is 0 Å². The van der Waals surface area contributed by atoms with Crippen LogP contribution in [-0.4, -0.2) is 52.9 Å². The van der Waals surface area contributed by atoms with E-state index in [1.807, 2.05) is 11.0 Å². The third-order valence-electron chi connectivity index (χ3n) is 5.45. The summed E-state index contributed by atoms with van der Waals surface area (Å²) >= 11 is 1.36.